The van der Waals surface area contributed by atoms with Crippen LogP contribution in [0.4, 0.5) is 9.18 Å². The predicted octanol–water partition coefficient (Wildman–Crippen LogP) is 1.57. The number of alkyl halides is 1. The Morgan fingerprint density at radius 1 is 1.44 bits per heavy atom. The molecule has 0 saturated heterocycles. The first kappa shape index (κ1) is 14.7. The van der Waals surface area contributed by atoms with Crippen LogP contribution in [-0.2, 0) is 14.3 Å². The van der Waals surface area contributed by atoms with Crippen LogP contribution in [0.3, 0.4) is 0 Å². The van der Waals surface area contributed by atoms with Crippen molar-refractivity contribution < 1.29 is 23.5 Å². The summed E-state index contributed by atoms with van der Waals surface area (Å²) in [6.45, 7) is 6.03. The highest BCUT2D eigenvalue weighted by molar-refractivity contribution is 5.70. The number of carbonyl (C=O) groups is 2. The summed E-state index contributed by atoms with van der Waals surface area (Å²) in [7, 11) is 0. The molecule has 0 spiro atoms. The Hall–Kier alpha value is -1.33. The monoisotopic (exact) mass is 234 g/mol. The van der Waals surface area contributed by atoms with Crippen molar-refractivity contribution in [1.29, 1.82) is 0 Å². The molecule has 0 fully saturated rings. The zero-order chi connectivity index (χ0) is 12.6. The number of esters is 1. The van der Waals surface area contributed by atoms with Gasteiger partial charge in [-0.1, -0.05) is 6.92 Å². The van der Waals surface area contributed by atoms with E-state index in [9.17, 15) is 14.0 Å². The molecule has 16 heavy (non-hydrogen) atoms. The molecule has 0 heterocycles. The Morgan fingerprint density at radius 2 is 2.06 bits per heavy atom. The SMILES string of the molecule is [CH2][C@H](F)CNC(=O)OC(C)OC(=O)CCC. The summed E-state index contributed by atoms with van der Waals surface area (Å²) in [6, 6.07) is 0. The summed E-state index contributed by atoms with van der Waals surface area (Å²) in [5.41, 5.74) is 0. The second-order valence-corrected chi connectivity index (χ2v) is 3.19. The topological polar surface area (TPSA) is 64.6 Å². The van der Waals surface area contributed by atoms with E-state index in [4.69, 9.17) is 4.74 Å². The van der Waals surface area contributed by atoms with Crippen molar-refractivity contribution in [1.82, 2.24) is 5.32 Å². The molecule has 1 amide bonds. The average Bonchev–Trinajstić information content (AvgIpc) is 2.14. The summed E-state index contributed by atoms with van der Waals surface area (Å²) in [5.74, 6) is -0.441. The van der Waals surface area contributed by atoms with Crippen molar-refractivity contribution in [2.24, 2.45) is 0 Å². The van der Waals surface area contributed by atoms with Gasteiger partial charge in [0.1, 0.15) is 6.17 Å². The van der Waals surface area contributed by atoms with Gasteiger partial charge in [0.25, 0.3) is 0 Å². The lowest BCUT2D eigenvalue weighted by Gasteiger charge is -2.14. The molecule has 0 aromatic rings. The minimum atomic E-state index is -1.40. The van der Waals surface area contributed by atoms with Crippen LogP contribution in [0.1, 0.15) is 26.7 Å². The van der Waals surface area contributed by atoms with E-state index in [1.165, 1.54) is 6.92 Å². The summed E-state index contributed by atoms with van der Waals surface area (Å²) >= 11 is 0. The van der Waals surface area contributed by atoms with E-state index in [2.05, 4.69) is 17.0 Å². The Morgan fingerprint density at radius 3 is 2.56 bits per heavy atom. The molecule has 5 nitrogen and oxygen atoms in total. The Bertz CT molecular complexity index is 233. The lowest BCUT2D eigenvalue weighted by atomic mass is 10.3. The number of alkyl carbamates (subject to hydrolysis) is 1. The molecule has 0 aromatic heterocycles. The van der Waals surface area contributed by atoms with Gasteiger partial charge in [-0.2, -0.15) is 0 Å². The van der Waals surface area contributed by atoms with Gasteiger partial charge in [-0.05, 0) is 13.3 Å². The summed E-state index contributed by atoms with van der Waals surface area (Å²) in [4.78, 5) is 22.0. The lowest BCUT2D eigenvalue weighted by Crippen LogP contribution is -2.33. The van der Waals surface area contributed by atoms with Crippen molar-refractivity contribution in [3.8, 4) is 0 Å². The molecule has 0 aliphatic heterocycles. The van der Waals surface area contributed by atoms with Crippen molar-refractivity contribution >= 4 is 12.1 Å². The van der Waals surface area contributed by atoms with Crippen molar-refractivity contribution in [3.63, 3.8) is 0 Å². The zero-order valence-corrected chi connectivity index (χ0v) is 9.49. The fourth-order valence-electron chi connectivity index (χ4n) is 0.859. The van der Waals surface area contributed by atoms with E-state index in [-0.39, 0.29) is 13.0 Å². The first-order valence-electron chi connectivity index (χ1n) is 5.06. The van der Waals surface area contributed by atoms with Gasteiger partial charge < -0.3 is 14.8 Å². The van der Waals surface area contributed by atoms with E-state index in [1.807, 2.05) is 6.92 Å². The van der Waals surface area contributed by atoms with E-state index < -0.39 is 24.5 Å². The van der Waals surface area contributed by atoms with Crippen LogP contribution in [0.15, 0.2) is 0 Å². The van der Waals surface area contributed by atoms with Gasteiger partial charge in [-0.15, -0.1) is 0 Å². The highest BCUT2D eigenvalue weighted by Gasteiger charge is 2.13. The molecule has 0 saturated carbocycles. The maximum absolute atomic E-state index is 12.2. The van der Waals surface area contributed by atoms with Crippen LogP contribution in [0, 0.1) is 6.92 Å². The number of hydrogen-bond acceptors (Lipinski definition) is 4. The smallest absolute Gasteiger partial charge is 0.410 e. The molecule has 1 radical (unpaired) electrons. The van der Waals surface area contributed by atoms with Crippen LogP contribution in [0.25, 0.3) is 0 Å². The van der Waals surface area contributed by atoms with Crippen LogP contribution in [0.2, 0.25) is 0 Å². The zero-order valence-electron chi connectivity index (χ0n) is 9.49. The molecule has 0 aromatic carbocycles. The van der Waals surface area contributed by atoms with Gasteiger partial charge >= 0.3 is 12.1 Å². The third-order valence-electron chi connectivity index (χ3n) is 1.49. The number of rotatable bonds is 6. The van der Waals surface area contributed by atoms with Crippen LogP contribution in [-0.4, -0.2) is 31.1 Å². The fourth-order valence-corrected chi connectivity index (χ4v) is 0.859. The first-order chi connectivity index (χ1) is 7.45. The van der Waals surface area contributed by atoms with Gasteiger partial charge in [0, 0.05) is 13.3 Å². The molecule has 1 unspecified atom stereocenters. The molecule has 0 bridgehead atoms. The molecule has 0 rings (SSSR count). The summed E-state index contributed by atoms with van der Waals surface area (Å²) < 4.78 is 21.6. The predicted molar refractivity (Wildman–Crippen MR) is 55.2 cm³/mol. The van der Waals surface area contributed by atoms with Crippen molar-refractivity contribution in [2.45, 2.75) is 39.2 Å². The third-order valence-corrected chi connectivity index (χ3v) is 1.49. The van der Waals surface area contributed by atoms with E-state index >= 15 is 0 Å². The molecule has 6 heteroatoms. The summed E-state index contributed by atoms with van der Waals surface area (Å²) in [6.07, 6.45) is -2.31. The second-order valence-electron chi connectivity index (χ2n) is 3.19. The van der Waals surface area contributed by atoms with Gasteiger partial charge in [-0.3, -0.25) is 4.79 Å². The van der Waals surface area contributed by atoms with Crippen molar-refractivity contribution in [3.05, 3.63) is 6.92 Å². The largest absolute Gasteiger partial charge is 0.425 e. The maximum atomic E-state index is 12.2. The number of carbonyl (C=O) groups excluding carboxylic acids is 2. The molecule has 0 aliphatic rings. The van der Waals surface area contributed by atoms with Gasteiger partial charge in [0.2, 0.25) is 6.29 Å². The molecule has 1 N–H and O–H groups in total. The Labute approximate surface area is 94.3 Å². The third kappa shape index (κ3) is 8.02. The minimum Gasteiger partial charge on any atom is -0.425 e. The number of hydrogen-bond donors (Lipinski definition) is 1. The van der Waals surface area contributed by atoms with Crippen LogP contribution in [0.5, 0.6) is 0 Å². The molecular formula is C10H17FNO4. The number of amides is 1. The van der Waals surface area contributed by atoms with E-state index in [0.717, 1.165) is 0 Å². The molecule has 0 aliphatic carbocycles. The maximum Gasteiger partial charge on any atom is 0.410 e. The minimum absolute atomic E-state index is 0.242. The lowest BCUT2D eigenvalue weighted by molar-refractivity contribution is -0.164. The number of ether oxygens (including phenoxy) is 2. The Kier molecular flexibility index (Phi) is 7.24. The first-order valence-corrected chi connectivity index (χ1v) is 5.06. The fraction of sp³-hybridized carbons (Fsp3) is 0.700. The van der Waals surface area contributed by atoms with E-state index in [0.29, 0.717) is 6.42 Å². The standard InChI is InChI=1S/C10H17FNO4/c1-4-5-9(13)15-8(3)16-10(14)12-6-7(2)11/h7-8H,2,4-6H2,1,3H3,(H,12,14)/t7-,8?/m0/s1. The molecule has 93 valence electrons. The van der Waals surface area contributed by atoms with Gasteiger partial charge in [0.15, 0.2) is 0 Å². The highest BCUT2D eigenvalue weighted by atomic mass is 19.1. The highest BCUT2D eigenvalue weighted by Crippen LogP contribution is 1.99. The summed E-state index contributed by atoms with van der Waals surface area (Å²) in [5, 5.41) is 2.13. The average molecular weight is 234 g/mol. The second kappa shape index (κ2) is 7.90. The van der Waals surface area contributed by atoms with Crippen molar-refractivity contribution in [2.75, 3.05) is 6.54 Å². The normalized spacial score (nSPS) is 13.8. The van der Waals surface area contributed by atoms with Gasteiger partial charge in [0.05, 0.1) is 6.54 Å². The molecule has 2 atom stereocenters. The number of halogens is 1. The van der Waals surface area contributed by atoms with Gasteiger partial charge in [-0.25, -0.2) is 9.18 Å². The Balaban J connectivity index is 3.73. The van der Waals surface area contributed by atoms with Crippen LogP contribution < -0.4 is 5.32 Å². The van der Waals surface area contributed by atoms with E-state index in [1.54, 1.807) is 0 Å². The quantitative estimate of drug-likeness (QED) is 0.559. The van der Waals surface area contributed by atoms with Crippen LogP contribution >= 0.6 is 0 Å². The number of nitrogens with one attached hydrogen (secondary N) is 1. The molecular weight excluding hydrogens is 217 g/mol.